The summed E-state index contributed by atoms with van der Waals surface area (Å²) >= 11 is 0. The number of amides is 1. The number of fused-ring (bicyclic) bond motifs is 1. The van der Waals surface area contributed by atoms with Crippen LogP contribution in [0.3, 0.4) is 0 Å². The van der Waals surface area contributed by atoms with Crippen LogP contribution in [0.4, 0.5) is 0 Å². The van der Waals surface area contributed by atoms with Crippen LogP contribution in [0.15, 0.2) is 66.7 Å². The number of para-hydroxylation sites is 1. The molecule has 8 heteroatoms. The number of nitrogens with zero attached hydrogens (tertiary/aromatic N) is 4. The number of ether oxygens (including phenoxy) is 2. The zero-order valence-electron chi connectivity index (χ0n) is 21.1. The molecule has 1 saturated heterocycles. The average molecular weight is 499 g/mol. The Kier molecular flexibility index (Phi) is 7.16. The van der Waals surface area contributed by atoms with Crippen LogP contribution in [0.1, 0.15) is 25.3 Å². The maximum absolute atomic E-state index is 12.8. The summed E-state index contributed by atoms with van der Waals surface area (Å²) in [6.07, 6.45) is 1.21. The predicted octanol–water partition coefficient (Wildman–Crippen LogP) is 4.58. The van der Waals surface area contributed by atoms with Crippen molar-refractivity contribution in [1.82, 2.24) is 19.7 Å². The molecule has 0 aliphatic carbocycles. The molecule has 4 aromatic rings. The van der Waals surface area contributed by atoms with Crippen LogP contribution >= 0.6 is 0 Å². The van der Waals surface area contributed by atoms with Gasteiger partial charge in [0.25, 0.3) is 5.91 Å². The highest BCUT2D eigenvalue weighted by atomic mass is 16.5. The van der Waals surface area contributed by atoms with Crippen LogP contribution in [0.5, 0.6) is 5.88 Å². The van der Waals surface area contributed by atoms with Gasteiger partial charge in [0.1, 0.15) is 5.69 Å². The van der Waals surface area contributed by atoms with Gasteiger partial charge in [-0.05, 0) is 44.4 Å². The number of benzene rings is 2. The Morgan fingerprint density at radius 1 is 1.00 bits per heavy atom. The van der Waals surface area contributed by atoms with Gasteiger partial charge in [-0.15, -0.1) is 0 Å². The Morgan fingerprint density at radius 3 is 2.35 bits per heavy atom. The van der Waals surface area contributed by atoms with Crippen LogP contribution in [0, 0.1) is 12.8 Å². The number of hydrogen-bond donors (Lipinski definition) is 0. The summed E-state index contributed by atoms with van der Waals surface area (Å²) in [4.78, 5) is 31.3. The Morgan fingerprint density at radius 2 is 1.68 bits per heavy atom. The molecule has 1 aliphatic heterocycles. The zero-order chi connectivity index (χ0) is 25.8. The molecule has 190 valence electrons. The van der Waals surface area contributed by atoms with E-state index in [-0.39, 0.29) is 24.4 Å². The minimum Gasteiger partial charge on any atom is -0.467 e. The van der Waals surface area contributed by atoms with E-state index in [0.29, 0.717) is 44.1 Å². The molecule has 0 saturated carbocycles. The Hall–Kier alpha value is -4.20. The van der Waals surface area contributed by atoms with E-state index < -0.39 is 0 Å². The highest BCUT2D eigenvalue weighted by Crippen LogP contribution is 2.33. The van der Waals surface area contributed by atoms with Crippen molar-refractivity contribution in [3.05, 3.63) is 72.3 Å². The van der Waals surface area contributed by atoms with E-state index in [2.05, 4.69) is 0 Å². The first-order chi connectivity index (χ1) is 18.0. The SMILES string of the molecule is CCOC(=O)C1CCN(C(=O)COc2cc(C)c3c(-c4ccccc4)nn(-c4ccccc4)c3n2)CC1. The first-order valence-corrected chi connectivity index (χ1v) is 12.6. The number of esters is 1. The lowest BCUT2D eigenvalue weighted by Crippen LogP contribution is -2.42. The molecule has 1 fully saturated rings. The van der Waals surface area contributed by atoms with Crippen molar-refractivity contribution in [2.75, 3.05) is 26.3 Å². The van der Waals surface area contributed by atoms with Crippen molar-refractivity contribution in [3.63, 3.8) is 0 Å². The van der Waals surface area contributed by atoms with Gasteiger partial charge in [0.05, 0.1) is 23.6 Å². The number of likely N-dealkylation sites (tertiary alicyclic amines) is 1. The van der Waals surface area contributed by atoms with E-state index in [1.165, 1.54) is 0 Å². The topological polar surface area (TPSA) is 86.5 Å². The molecule has 0 unspecified atom stereocenters. The molecule has 2 aromatic carbocycles. The first-order valence-electron chi connectivity index (χ1n) is 12.6. The molecule has 8 nitrogen and oxygen atoms in total. The second-order valence-electron chi connectivity index (χ2n) is 9.13. The molecule has 3 heterocycles. The highest BCUT2D eigenvalue weighted by Gasteiger charge is 2.28. The van der Waals surface area contributed by atoms with Gasteiger partial charge < -0.3 is 14.4 Å². The molecular formula is C29H30N4O4. The zero-order valence-corrected chi connectivity index (χ0v) is 21.1. The van der Waals surface area contributed by atoms with Crippen LogP contribution in [-0.2, 0) is 14.3 Å². The summed E-state index contributed by atoms with van der Waals surface area (Å²) in [5.74, 6) is -0.0719. The predicted molar refractivity (Wildman–Crippen MR) is 140 cm³/mol. The summed E-state index contributed by atoms with van der Waals surface area (Å²) < 4.78 is 12.8. The molecule has 2 aromatic heterocycles. The van der Waals surface area contributed by atoms with E-state index in [4.69, 9.17) is 19.6 Å². The minimum atomic E-state index is -0.177. The molecule has 0 spiro atoms. The van der Waals surface area contributed by atoms with Crippen molar-refractivity contribution < 1.29 is 19.1 Å². The smallest absolute Gasteiger partial charge is 0.309 e. The highest BCUT2D eigenvalue weighted by molar-refractivity contribution is 5.95. The number of hydrogen-bond acceptors (Lipinski definition) is 6. The lowest BCUT2D eigenvalue weighted by Gasteiger charge is -2.30. The van der Waals surface area contributed by atoms with Crippen molar-refractivity contribution in [2.45, 2.75) is 26.7 Å². The average Bonchev–Trinajstić information content (AvgIpc) is 3.33. The fourth-order valence-corrected chi connectivity index (χ4v) is 4.74. The molecule has 0 N–H and O–H groups in total. The molecule has 0 bridgehead atoms. The quantitative estimate of drug-likeness (QED) is 0.347. The summed E-state index contributed by atoms with van der Waals surface area (Å²) in [5.41, 5.74) is 4.37. The first kappa shape index (κ1) is 24.5. The van der Waals surface area contributed by atoms with Crippen LogP contribution < -0.4 is 4.74 Å². The third kappa shape index (κ3) is 5.18. The summed E-state index contributed by atoms with van der Waals surface area (Å²) in [7, 11) is 0. The normalized spacial score (nSPS) is 14.1. The molecule has 37 heavy (non-hydrogen) atoms. The van der Waals surface area contributed by atoms with Gasteiger partial charge in [0.2, 0.25) is 5.88 Å². The molecular weight excluding hydrogens is 468 g/mol. The van der Waals surface area contributed by atoms with E-state index in [1.807, 2.05) is 78.3 Å². The van der Waals surface area contributed by atoms with Gasteiger partial charge in [-0.1, -0.05) is 48.5 Å². The van der Waals surface area contributed by atoms with Crippen molar-refractivity contribution in [3.8, 4) is 22.8 Å². The number of pyridine rings is 1. The van der Waals surface area contributed by atoms with Crippen molar-refractivity contribution >= 4 is 22.9 Å². The molecule has 1 amide bonds. The Balaban J connectivity index is 1.37. The number of carbonyl (C=O) groups is 2. The van der Waals surface area contributed by atoms with E-state index >= 15 is 0 Å². The second kappa shape index (κ2) is 10.8. The Labute approximate surface area is 215 Å². The van der Waals surface area contributed by atoms with Gasteiger partial charge >= 0.3 is 5.97 Å². The van der Waals surface area contributed by atoms with Gasteiger partial charge in [-0.2, -0.15) is 10.1 Å². The van der Waals surface area contributed by atoms with Crippen molar-refractivity contribution in [2.24, 2.45) is 5.92 Å². The van der Waals surface area contributed by atoms with E-state index in [1.54, 1.807) is 11.8 Å². The van der Waals surface area contributed by atoms with Gasteiger partial charge in [-0.25, -0.2) is 4.68 Å². The maximum Gasteiger partial charge on any atom is 0.309 e. The van der Waals surface area contributed by atoms with Crippen LogP contribution in [-0.4, -0.2) is 57.8 Å². The lowest BCUT2D eigenvalue weighted by atomic mass is 9.97. The maximum atomic E-state index is 12.8. The number of piperidine rings is 1. The van der Waals surface area contributed by atoms with Crippen molar-refractivity contribution in [1.29, 1.82) is 0 Å². The molecule has 1 aliphatic rings. The second-order valence-corrected chi connectivity index (χ2v) is 9.13. The standard InChI is InChI=1S/C29H30N4O4/c1-3-36-29(35)22-14-16-32(17-15-22)25(34)19-37-24-18-20(2)26-27(21-10-6-4-7-11-21)31-33(28(26)30-24)23-12-8-5-9-13-23/h4-13,18,22H,3,14-17,19H2,1-2H3. The summed E-state index contributed by atoms with van der Waals surface area (Å²) in [6.45, 7) is 5.08. The summed E-state index contributed by atoms with van der Waals surface area (Å²) in [5, 5.41) is 5.86. The van der Waals surface area contributed by atoms with E-state index in [0.717, 1.165) is 27.9 Å². The van der Waals surface area contributed by atoms with Gasteiger partial charge in [0.15, 0.2) is 12.3 Å². The fourth-order valence-electron chi connectivity index (χ4n) is 4.74. The fraction of sp³-hybridized carbons (Fsp3) is 0.310. The largest absolute Gasteiger partial charge is 0.467 e. The third-order valence-corrected chi connectivity index (χ3v) is 6.67. The number of aromatic nitrogens is 3. The third-order valence-electron chi connectivity index (χ3n) is 6.67. The summed E-state index contributed by atoms with van der Waals surface area (Å²) in [6, 6.07) is 21.7. The Bertz CT molecular complexity index is 1390. The van der Waals surface area contributed by atoms with Gasteiger partial charge in [0, 0.05) is 24.7 Å². The molecule has 0 atom stereocenters. The molecule has 5 rings (SSSR count). The lowest BCUT2D eigenvalue weighted by molar-refractivity contribution is -0.151. The minimum absolute atomic E-state index is 0.118. The van der Waals surface area contributed by atoms with Crippen LogP contribution in [0.25, 0.3) is 28.0 Å². The monoisotopic (exact) mass is 498 g/mol. The number of carbonyl (C=O) groups excluding carboxylic acids is 2. The number of aryl methyl sites for hydroxylation is 1. The molecule has 0 radical (unpaired) electrons. The number of rotatable bonds is 7. The van der Waals surface area contributed by atoms with E-state index in [9.17, 15) is 9.59 Å². The van der Waals surface area contributed by atoms with Gasteiger partial charge in [-0.3, -0.25) is 9.59 Å². The van der Waals surface area contributed by atoms with Crippen LogP contribution in [0.2, 0.25) is 0 Å².